The molecule has 3 aliphatic heterocycles. The second-order valence-electron chi connectivity index (χ2n) is 8.48. The van der Waals surface area contributed by atoms with Gasteiger partial charge in [0.25, 0.3) is 0 Å². The Hall–Kier alpha value is -2.12. The van der Waals surface area contributed by atoms with Crippen molar-refractivity contribution in [2.75, 3.05) is 19.6 Å². The second kappa shape index (κ2) is 6.49. The lowest BCUT2D eigenvalue weighted by atomic mass is 9.61. The van der Waals surface area contributed by atoms with Gasteiger partial charge in [-0.1, -0.05) is 30.3 Å². The first-order valence-corrected chi connectivity index (χ1v) is 9.91. The molecule has 0 aromatic heterocycles. The van der Waals surface area contributed by atoms with Crippen LogP contribution in [-0.4, -0.2) is 59.7 Å². The lowest BCUT2D eigenvalue weighted by Crippen LogP contribution is -2.66. The van der Waals surface area contributed by atoms with Crippen LogP contribution >= 0.6 is 0 Å². The highest BCUT2D eigenvalue weighted by Gasteiger charge is 2.51. The molecule has 1 aromatic carbocycles. The quantitative estimate of drug-likeness (QED) is 0.818. The van der Waals surface area contributed by atoms with E-state index in [2.05, 4.69) is 10.6 Å². The third-order valence-corrected chi connectivity index (χ3v) is 6.54. The van der Waals surface area contributed by atoms with Gasteiger partial charge in [0.2, 0.25) is 5.91 Å². The molecule has 1 aliphatic carbocycles. The highest BCUT2D eigenvalue weighted by molar-refractivity contribution is 5.88. The summed E-state index contributed by atoms with van der Waals surface area (Å²) >= 11 is 0. The van der Waals surface area contributed by atoms with Crippen molar-refractivity contribution in [3.63, 3.8) is 0 Å². The number of piperidine rings is 1. The Morgan fingerprint density at radius 1 is 1.22 bits per heavy atom. The van der Waals surface area contributed by atoms with Gasteiger partial charge in [0.1, 0.15) is 12.6 Å². The van der Waals surface area contributed by atoms with E-state index in [1.54, 1.807) is 4.90 Å². The number of hydrogen-bond acceptors (Lipinski definition) is 4. The van der Waals surface area contributed by atoms with Crippen LogP contribution in [0.2, 0.25) is 0 Å². The molecule has 4 aliphatic rings. The summed E-state index contributed by atoms with van der Waals surface area (Å²) in [5, 5.41) is 7.96. The van der Waals surface area contributed by atoms with E-state index in [0.717, 1.165) is 37.9 Å². The number of amides is 3. The monoisotopic (exact) mass is 370 g/mol. The van der Waals surface area contributed by atoms with Crippen LogP contribution in [0.25, 0.3) is 0 Å². The summed E-state index contributed by atoms with van der Waals surface area (Å²) in [5.41, 5.74) is 1.46. The van der Waals surface area contributed by atoms with Crippen molar-refractivity contribution in [2.45, 2.75) is 50.4 Å². The summed E-state index contributed by atoms with van der Waals surface area (Å²) in [6.45, 7) is 3.09. The van der Waals surface area contributed by atoms with E-state index in [-0.39, 0.29) is 30.1 Å². The fourth-order valence-corrected chi connectivity index (χ4v) is 4.94. The molecule has 27 heavy (non-hydrogen) atoms. The molecule has 2 N–H and O–H groups in total. The number of carbonyl (C=O) groups excluding carboxylic acids is 2. The maximum Gasteiger partial charge on any atom is 0.345 e. The molecule has 1 spiro atoms. The summed E-state index contributed by atoms with van der Waals surface area (Å²) in [6.07, 6.45) is 3.61. The summed E-state index contributed by atoms with van der Waals surface area (Å²) in [5.74, 6) is -0.00107. The zero-order valence-corrected chi connectivity index (χ0v) is 15.4. The number of nitrogens with zero attached hydrogens (tertiary/aromatic N) is 2. The average molecular weight is 370 g/mol. The minimum Gasteiger partial charge on any atom is -0.352 e. The Morgan fingerprint density at radius 3 is 2.70 bits per heavy atom. The van der Waals surface area contributed by atoms with Crippen LogP contribution in [0.4, 0.5) is 4.79 Å². The number of hydroxylamine groups is 2. The first kappa shape index (κ1) is 17.0. The molecule has 1 unspecified atom stereocenters. The van der Waals surface area contributed by atoms with E-state index in [1.165, 1.54) is 5.06 Å². The van der Waals surface area contributed by atoms with E-state index < -0.39 is 0 Å². The SMILES string of the molecule is O=C(NC1CC2(CNC2)C1)C1CC[C@@H]2CN1C(=O)N2OCc1ccccc1. The van der Waals surface area contributed by atoms with Crippen LogP contribution in [0.15, 0.2) is 30.3 Å². The van der Waals surface area contributed by atoms with Crippen LogP contribution in [-0.2, 0) is 16.2 Å². The third-order valence-electron chi connectivity index (χ3n) is 6.54. The van der Waals surface area contributed by atoms with Crippen molar-refractivity contribution in [2.24, 2.45) is 5.41 Å². The van der Waals surface area contributed by atoms with Crippen LogP contribution in [0, 0.1) is 5.41 Å². The summed E-state index contributed by atoms with van der Waals surface area (Å²) < 4.78 is 0. The molecule has 144 valence electrons. The van der Waals surface area contributed by atoms with E-state index >= 15 is 0 Å². The van der Waals surface area contributed by atoms with Gasteiger partial charge in [-0.05, 0) is 36.7 Å². The number of fused-ring (bicyclic) bond motifs is 2. The predicted molar refractivity (Wildman–Crippen MR) is 98.4 cm³/mol. The van der Waals surface area contributed by atoms with Crippen LogP contribution in [0.5, 0.6) is 0 Å². The maximum atomic E-state index is 12.8. The smallest absolute Gasteiger partial charge is 0.345 e. The molecule has 1 aromatic rings. The van der Waals surface area contributed by atoms with Crippen molar-refractivity contribution in [3.8, 4) is 0 Å². The van der Waals surface area contributed by atoms with E-state index in [9.17, 15) is 9.59 Å². The molecule has 1 saturated carbocycles. The first-order valence-electron chi connectivity index (χ1n) is 9.91. The molecule has 3 saturated heterocycles. The third kappa shape index (κ3) is 2.99. The largest absolute Gasteiger partial charge is 0.352 e. The number of nitrogens with one attached hydrogen (secondary N) is 2. The number of carbonyl (C=O) groups is 2. The highest BCUT2D eigenvalue weighted by Crippen LogP contribution is 2.44. The van der Waals surface area contributed by atoms with Gasteiger partial charge < -0.3 is 15.5 Å². The zero-order valence-electron chi connectivity index (χ0n) is 15.4. The molecular formula is C20H26N4O3. The topological polar surface area (TPSA) is 73.9 Å². The Kier molecular flexibility index (Phi) is 4.09. The van der Waals surface area contributed by atoms with E-state index in [0.29, 0.717) is 25.0 Å². The van der Waals surface area contributed by atoms with Gasteiger partial charge in [0, 0.05) is 25.7 Å². The molecule has 4 fully saturated rings. The Balaban J connectivity index is 1.17. The molecule has 5 rings (SSSR count). The molecule has 7 heteroatoms. The summed E-state index contributed by atoms with van der Waals surface area (Å²) in [6, 6.07) is 9.58. The Labute approximate surface area is 159 Å². The van der Waals surface area contributed by atoms with Crippen molar-refractivity contribution in [1.29, 1.82) is 0 Å². The van der Waals surface area contributed by atoms with Crippen LogP contribution < -0.4 is 10.6 Å². The number of benzene rings is 1. The lowest BCUT2D eigenvalue weighted by Gasteiger charge is -2.54. The van der Waals surface area contributed by atoms with E-state index in [1.807, 2.05) is 30.3 Å². The average Bonchev–Trinajstić information content (AvgIpc) is 2.86. The Bertz CT molecular complexity index is 728. The number of hydrogen-bond donors (Lipinski definition) is 2. The molecule has 0 radical (unpaired) electrons. The van der Waals surface area contributed by atoms with Crippen molar-refractivity contribution in [1.82, 2.24) is 20.6 Å². The fourth-order valence-electron chi connectivity index (χ4n) is 4.94. The summed E-state index contributed by atoms with van der Waals surface area (Å²) in [7, 11) is 0. The first-order chi connectivity index (χ1) is 13.1. The predicted octanol–water partition coefficient (Wildman–Crippen LogP) is 1.26. The van der Waals surface area contributed by atoms with Crippen molar-refractivity contribution < 1.29 is 14.4 Å². The van der Waals surface area contributed by atoms with E-state index in [4.69, 9.17) is 4.84 Å². The molecule has 7 nitrogen and oxygen atoms in total. The zero-order chi connectivity index (χ0) is 18.4. The molecular weight excluding hydrogens is 344 g/mol. The fraction of sp³-hybridized carbons (Fsp3) is 0.600. The van der Waals surface area contributed by atoms with Gasteiger partial charge >= 0.3 is 6.03 Å². The van der Waals surface area contributed by atoms with Crippen LogP contribution in [0.1, 0.15) is 31.2 Å². The molecule has 3 amide bonds. The minimum absolute atomic E-state index is 0.00107. The highest BCUT2D eigenvalue weighted by atomic mass is 16.7. The van der Waals surface area contributed by atoms with Gasteiger partial charge in [-0.25, -0.2) is 4.79 Å². The van der Waals surface area contributed by atoms with Crippen molar-refractivity contribution >= 4 is 11.9 Å². The Morgan fingerprint density at radius 2 is 2.00 bits per heavy atom. The van der Waals surface area contributed by atoms with Gasteiger partial charge in [-0.2, -0.15) is 5.06 Å². The normalized spacial score (nSPS) is 28.8. The van der Waals surface area contributed by atoms with Gasteiger partial charge in [0.15, 0.2) is 0 Å². The van der Waals surface area contributed by atoms with Gasteiger partial charge in [0.05, 0.1) is 6.04 Å². The standard InChI is InChI=1S/C20H26N4O3/c25-18(22-15-8-20(9-15)12-21-13-20)17-7-6-16-10-23(17)19(26)24(16)27-11-14-4-2-1-3-5-14/h1-5,15-17,21H,6-13H2,(H,22,25)/t16-,17?/m1/s1. The number of urea groups is 1. The molecule has 3 heterocycles. The van der Waals surface area contributed by atoms with Gasteiger partial charge in [-0.3, -0.25) is 9.63 Å². The second-order valence-corrected chi connectivity index (χ2v) is 8.48. The van der Waals surface area contributed by atoms with Crippen LogP contribution in [0.3, 0.4) is 0 Å². The molecule has 2 atom stereocenters. The lowest BCUT2D eigenvalue weighted by molar-refractivity contribution is -0.140. The summed E-state index contributed by atoms with van der Waals surface area (Å²) in [4.78, 5) is 33.0. The minimum atomic E-state index is -0.366. The van der Waals surface area contributed by atoms with Gasteiger partial charge in [-0.15, -0.1) is 0 Å². The number of rotatable bonds is 5. The van der Waals surface area contributed by atoms with Crippen molar-refractivity contribution in [3.05, 3.63) is 35.9 Å². The molecule has 2 bridgehead atoms. The maximum absolute atomic E-state index is 12.8.